The van der Waals surface area contributed by atoms with Gasteiger partial charge in [-0.3, -0.25) is 0 Å². The summed E-state index contributed by atoms with van der Waals surface area (Å²) >= 11 is 0. The third-order valence-corrected chi connectivity index (χ3v) is 4.76. The number of hydrogen-bond acceptors (Lipinski definition) is 2. The fourth-order valence-electron chi connectivity index (χ4n) is 3.37. The van der Waals surface area contributed by atoms with Gasteiger partial charge in [-0.15, -0.1) is 0 Å². The fraction of sp³-hybridized carbons (Fsp3) is 0.625. The Morgan fingerprint density at radius 2 is 2.06 bits per heavy atom. The van der Waals surface area contributed by atoms with Crippen LogP contribution in [-0.2, 0) is 6.42 Å². The summed E-state index contributed by atoms with van der Waals surface area (Å²) in [6, 6.07) is 6.99. The lowest BCUT2D eigenvalue weighted by Crippen LogP contribution is -2.40. The Kier molecular flexibility index (Phi) is 3.29. The minimum absolute atomic E-state index is 0.404. The highest BCUT2D eigenvalue weighted by atomic mass is 16.3. The van der Waals surface area contributed by atoms with Crippen molar-refractivity contribution in [3.05, 3.63) is 29.3 Å². The minimum Gasteiger partial charge on any atom is -0.508 e. The molecule has 0 heterocycles. The molecule has 0 bridgehead atoms. The minimum atomic E-state index is 0.404. The van der Waals surface area contributed by atoms with Gasteiger partial charge in [0.05, 0.1) is 0 Å². The van der Waals surface area contributed by atoms with Crippen LogP contribution in [-0.4, -0.2) is 11.1 Å². The molecule has 18 heavy (non-hydrogen) atoms. The van der Waals surface area contributed by atoms with E-state index in [1.165, 1.54) is 43.2 Å². The van der Waals surface area contributed by atoms with Crippen LogP contribution in [0.5, 0.6) is 5.75 Å². The average Bonchev–Trinajstić information content (AvgIpc) is 2.26. The van der Waals surface area contributed by atoms with Crippen molar-refractivity contribution in [2.75, 3.05) is 0 Å². The second-order valence-corrected chi connectivity index (χ2v) is 5.97. The number of phenolic OH excluding ortho intramolecular Hbond substituents is 1. The second-order valence-electron chi connectivity index (χ2n) is 5.97. The summed E-state index contributed by atoms with van der Waals surface area (Å²) in [5.74, 6) is 1.29. The van der Waals surface area contributed by atoms with Crippen molar-refractivity contribution in [1.82, 2.24) is 5.32 Å². The predicted molar refractivity (Wildman–Crippen MR) is 73.7 cm³/mol. The fourth-order valence-corrected chi connectivity index (χ4v) is 3.37. The lowest BCUT2D eigenvalue weighted by molar-refractivity contribution is 0.221. The molecule has 2 aliphatic carbocycles. The summed E-state index contributed by atoms with van der Waals surface area (Å²) < 4.78 is 0. The summed E-state index contributed by atoms with van der Waals surface area (Å²) in [7, 11) is 0. The van der Waals surface area contributed by atoms with Crippen LogP contribution in [0.3, 0.4) is 0 Å². The van der Waals surface area contributed by atoms with Gasteiger partial charge >= 0.3 is 0 Å². The molecule has 2 aliphatic rings. The smallest absolute Gasteiger partial charge is 0.115 e. The SMILES string of the molecule is CC(NC1CCCc2cc(O)ccc21)C1CCC1. The molecule has 1 saturated carbocycles. The van der Waals surface area contributed by atoms with Crippen LogP contribution in [0, 0.1) is 5.92 Å². The molecule has 0 amide bonds. The van der Waals surface area contributed by atoms with E-state index >= 15 is 0 Å². The number of nitrogens with one attached hydrogen (secondary N) is 1. The molecule has 98 valence electrons. The molecule has 0 saturated heterocycles. The average molecular weight is 245 g/mol. The number of aryl methyl sites for hydroxylation is 1. The van der Waals surface area contributed by atoms with Gasteiger partial charge in [0.2, 0.25) is 0 Å². The van der Waals surface area contributed by atoms with E-state index in [-0.39, 0.29) is 0 Å². The van der Waals surface area contributed by atoms with E-state index in [4.69, 9.17) is 0 Å². The largest absolute Gasteiger partial charge is 0.508 e. The first-order chi connectivity index (χ1) is 8.74. The van der Waals surface area contributed by atoms with Crippen LogP contribution in [0.2, 0.25) is 0 Å². The molecular weight excluding hydrogens is 222 g/mol. The second kappa shape index (κ2) is 4.93. The van der Waals surface area contributed by atoms with Crippen LogP contribution < -0.4 is 5.32 Å². The van der Waals surface area contributed by atoms with Crippen molar-refractivity contribution < 1.29 is 5.11 Å². The van der Waals surface area contributed by atoms with Gasteiger partial charge < -0.3 is 10.4 Å². The highest BCUT2D eigenvalue weighted by Gasteiger charge is 2.28. The first kappa shape index (κ1) is 12.0. The molecule has 0 aromatic heterocycles. The third-order valence-electron chi connectivity index (χ3n) is 4.76. The first-order valence-corrected chi connectivity index (χ1v) is 7.32. The predicted octanol–water partition coefficient (Wildman–Crippen LogP) is 3.55. The van der Waals surface area contributed by atoms with Crippen molar-refractivity contribution in [2.24, 2.45) is 5.92 Å². The van der Waals surface area contributed by atoms with Gasteiger partial charge in [0.25, 0.3) is 0 Å². The molecule has 0 spiro atoms. The van der Waals surface area contributed by atoms with E-state index < -0.39 is 0 Å². The number of hydrogen-bond donors (Lipinski definition) is 2. The van der Waals surface area contributed by atoms with Crippen LogP contribution in [0.25, 0.3) is 0 Å². The molecule has 0 radical (unpaired) electrons. The van der Waals surface area contributed by atoms with E-state index in [0.29, 0.717) is 17.8 Å². The maximum Gasteiger partial charge on any atom is 0.115 e. The monoisotopic (exact) mass is 245 g/mol. The Hall–Kier alpha value is -1.02. The molecule has 2 heteroatoms. The number of fused-ring (bicyclic) bond motifs is 1. The van der Waals surface area contributed by atoms with Crippen molar-refractivity contribution in [2.45, 2.75) is 57.5 Å². The van der Waals surface area contributed by atoms with Crippen molar-refractivity contribution >= 4 is 0 Å². The Bertz CT molecular complexity index is 425. The van der Waals surface area contributed by atoms with Crippen LogP contribution in [0.1, 0.15) is 56.2 Å². The molecule has 0 aliphatic heterocycles. The lowest BCUT2D eigenvalue weighted by Gasteiger charge is -2.36. The van der Waals surface area contributed by atoms with Crippen molar-refractivity contribution in [3.8, 4) is 5.75 Å². The standard InChI is InChI=1S/C16H23NO/c1-11(12-4-2-5-12)17-16-7-3-6-13-10-14(18)8-9-15(13)16/h8-12,16-18H,2-7H2,1H3. The summed E-state index contributed by atoms with van der Waals surface area (Å²) in [6.07, 6.45) is 7.76. The third kappa shape index (κ3) is 2.26. The van der Waals surface area contributed by atoms with Crippen LogP contribution in [0.4, 0.5) is 0 Å². The molecule has 2 unspecified atom stereocenters. The van der Waals surface area contributed by atoms with Gasteiger partial charge in [-0.2, -0.15) is 0 Å². The molecule has 3 rings (SSSR count). The normalized spacial score (nSPS) is 25.3. The van der Waals surface area contributed by atoms with Crippen LogP contribution in [0.15, 0.2) is 18.2 Å². The Labute approximate surface area is 109 Å². The zero-order valence-electron chi connectivity index (χ0n) is 11.2. The Balaban J connectivity index is 1.74. The number of benzene rings is 1. The van der Waals surface area contributed by atoms with Gasteiger partial charge in [0.1, 0.15) is 5.75 Å². The maximum atomic E-state index is 9.57. The lowest BCUT2D eigenvalue weighted by atomic mass is 9.79. The summed E-state index contributed by atoms with van der Waals surface area (Å²) in [5.41, 5.74) is 2.74. The number of aromatic hydroxyl groups is 1. The molecule has 2 nitrogen and oxygen atoms in total. The van der Waals surface area contributed by atoms with E-state index in [1.807, 2.05) is 12.1 Å². The zero-order chi connectivity index (χ0) is 12.5. The van der Waals surface area contributed by atoms with E-state index in [9.17, 15) is 5.11 Å². The summed E-state index contributed by atoms with van der Waals surface area (Å²) in [4.78, 5) is 0. The zero-order valence-corrected chi connectivity index (χ0v) is 11.2. The van der Waals surface area contributed by atoms with Gasteiger partial charge in [-0.05, 0) is 68.2 Å². The van der Waals surface area contributed by atoms with Gasteiger partial charge in [0.15, 0.2) is 0 Å². The molecule has 1 aromatic carbocycles. The molecule has 2 N–H and O–H groups in total. The molecule has 1 aromatic rings. The molecule has 1 fully saturated rings. The number of rotatable bonds is 3. The van der Waals surface area contributed by atoms with E-state index in [2.05, 4.69) is 18.3 Å². The summed E-state index contributed by atoms with van der Waals surface area (Å²) in [5, 5.41) is 13.4. The first-order valence-electron chi connectivity index (χ1n) is 7.32. The van der Waals surface area contributed by atoms with Crippen molar-refractivity contribution in [1.29, 1.82) is 0 Å². The maximum absolute atomic E-state index is 9.57. The highest BCUT2D eigenvalue weighted by molar-refractivity contribution is 5.38. The number of phenols is 1. The van der Waals surface area contributed by atoms with Crippen molar-refractivity contribution in [3.63, 3.8) is 0 Å². The van der Waals surface area contributed by atoms with E-state index in [1.54, 1.807) is 0 Å². The van der Waals surface area contributed by atoms with Gasteiger partial charge in [-0.1, -0.05) is 12.5 Å². The Morgan fingerprint density at radius 1 is 1.22 bits per heavy atom. The quantitative estimate of drug-likeness (QED) is 0.853. The topological polar surface area (TPSA) is 32.3 Å². The van der Waals surface area contributed by atoms with E-state index in [0.717, 1.165) is 12.3 Å². The van der Waals surface area contributed by atoms with Crippen LogP contribution >= 0.6 is 0 Å². The summed E-state index contributed by atoms with van der Waals surface area (Å²) in [6.45, 7) is 2.33. The van der Waals surface area contributed by atoms with Gasteiger partial charge in [-0.25, -0.2) is 0 Å². The molecular formula is C16H23NO. The molecule has 2 atom stereocenters. The van der Waals surface area contributed by atoms with Gasteiger partial charge in [0, 0.05) is 12.1 Å². The highest BCUT2D eigenvalue weighted by Crippen LogP contribution is 2.35. The Morgan fingerprint density at radius 3 is 2.78 bits per heavy atom.